The number of hydrogen-bond donors (Lipinski definition) is 0. The van der Waals surface area contributed by atoms with E-state index in [4.69, 9.17) is 0 Å². The molecule has 0 unspecified atom stereocenters. The summed E-state index contributed by atoms with van der Waals surface area (Å²) in [6.07, 6.45) is 8.27. The van der Waals surface area contributed by atoms with E-state index in [1.165, 1.54) is 5.01 Å². The Hall–Kier alpha value is -2.96. The molecule has 0 saturated carbocycles. The van der Waals surface area contributed by atoms with Crippen molar-refractivity contribution in [1.82, 2.24) is 14.5 Å². The van der Waals surface area contributed by atoms with Crippen LogP contribution < -0.4 is 5.01 Å². The molecule has 27 heavy (non-hydrogen) atoms. The molecule has 140 valence electrons. The number of nitrogens with zero attached hydrogens (tertiary/aromatic N) is 5. The van der Waals surface area contributed by atoms with Crippen LogP contribution in [0.5, 0.6) is 0 Å². The van der Waals surface area contributed by atoms with Gasteiger partial charge in [-0.2, -0.15) is 5.10 Å². The van der Waals surface area contributed by atoms with Crippen molar-refractivity contribution < 1.29 is 9.59 Å². The van der Waals surface area contributed by atoms with Gasteiger partial charge >= 0.3 is 0 Å². The van der Waals surface area contributed by atoms with Crippen LogP contribution >= 0.6 is 0 Å². The fourth-order valence-electron chi connectivity index (χ4n) is 3.67. The van der Waals surface area contributed by atoms with Crippen molar-refractivity contribution in [2.45, 2.75) is 32.2 Å². The molecule has 1 aromatic heterocycles. The van der Waals surface area contributed by atoms with E-state index in [1.54, 1.807) is 6.20 Å². The zero-order valence-electron chi connectivity index (χ0n) is 15.2. The first kappa shape index (κ1) is 17.5. The number of aromatic nitrogens is 2. The predicted octanol–water partition coefficient (Wildman–Crippen LogP) is 2.30. The Kier molecular flexibility index (Phi) is 5.00. The molecule has 2 aliphatic heterocycles. The lowest BCUT2D eigenvalue weighted by Gasteiger charge is -2.33. The van der Waals surface area contributed by atoms with Gasteiger partial charge in [-0.3, -0.25) is 9.59 Å². The number of hydrazone groups is 1. The van der Waals surface area contributed by atoms with Crippen molar-refractivity contribution in [3.8, 4) is 0 Å². The summed E-state index contributed by atoms with van der Waals surface area (Å²) >= 11 is 0. The number of anilines is 1. The second-order valence-corrected chi connectivity index (χ2v) is 7.08. The second-order valence-electron chi connectivity index (χ2n) is 7.08. The van der Waals surface area contributed by atoms with Gasteiger partial charge in [-0.05, 0) is 30.9 Å². The van der Waals surface area contributed by atoms with Crippen LogP contribution in [0.4, 0.5) is 5.69 Å². The molecule has 2 aliphatic rings. The van der Waals surface area contributed by atoms with Gasteiger partial charge in [0.05, 0.1) is 12.0 Å². The number of imidazole rings is 1. The number of amides is 2. The molecule has 3 heterocycles. The van der Waals surface area contributed by atoms with Crippen molar-refractivity contribution in [2.24, 2.45) is 11.0 Å². The summed E-state index contributed by atoms with van der Waals surface area (Å²) in [5, 5.41) is 5.75. The lowest BCUT2D eigenvalue weighted by molar-refractivity contribution is -0.125. The van der Waals surface area contributed by atoms with Gasteiger partial charge < -0.3 is 9.47 Å². The zero-order chi connectivity index (χ0) is 18.6. The molecule has 0 aliphatic carbocycles. The third kappa shape index (κ3) is 3.92. The molecule has 0 spiro atoms. The number of benzene rings is 1. The van der Waals surface area contributed by atoms with Gasteiger partial charge in [0.25, 0.3) is 5.91 Å². The van der Waals surface area contributed by atoms with E-state index in [-0.39, 0.29) is 11.8 Å². The van der Waals surface area contributed by atoms with Crippen LogP contribution in [-0.4, -0.2) is 45.1 Å². The Morgan fingerprint density at radius 1 is 1.11 bits per heavy atom. The maximum atomic E-state index is 12.9. The van der Waals surface area contributed by atoms with Crippen LogP contribution in [0.3, 0.4) is 0 Å². The molecule has 1 saturated heterocycles. The topological polar surface area (TPSA) is 70.8 Å². The molecule has 0 radical (unpaired) electrons. The molecule has 7 heteroatoms. The quantitative estimate of drug-likeness (QED) is 0.835. The molecule has 2 amide bonds. The zero-order valence-corrected chi connectivity index (χ0v) is 15.2. The highest BCUT2D eigenvalue weighted by Gasteiger charge is 2.30. The van der Waals surface area contributed by atoms with Crippen molar-refractivity contribution in [3.05, 3.63) is 49.1 Å². The Labute approximate surface area is 158 Å². The summed E-state index contributed by atoms with van der Waals surface area (Å²) in [5.41, 5.74) is 1.18. The highest BCUT2D eigenvalue weighted by atomic mass is 16.2. The smallest absolute Gasteiger partial charge is 0.270 e. The normalized spacial score (nSPS) is 18.5. The van der Waals surface area contributed by atoms with E-state index in [9.17, 15) is 9.59 Å². The SMILES string of the molecule is O=C(C1=NN(c2ccccc2)C(=O)CC1)N1CCC(Cn2ccnc2)CC1. The van der Waals surface area contributed by atoms with Gasteiger partial charge in [0.15, 0.2) is 0 Å². The average Bonchev–Trinajstić information content (AvgIpc) is 3.22. The van der Waals surface area contributed by atoms with E-state index < -0.39 is 0 Å². The third-order valence-electron chi connectivity index (χ3n) is 5.21. The number of carbonyl (C=O) groups is 2. The van der Waals surface area contributed by atoms with Crippen LogP contribution in [0, 0.1) is 5.92 Å². The van der Waals surface area contributed by atoms with Gasteiger partial charge in [0, 0.05) is 44.9 Å². The van der Waals surface area contributed by atoms with Gasteiger partial charge in [-0.25, -0.2) is 9.99 Å². The van der Waals surface area contributed by atoms with Crippen LogP contribution in [0.25, 0.3) is 0 Å². The minimum Gasteiger partial charge on any atom is -0.338 e. The van der Waals surface area contributed by atoms with Crippen molar-refractivity contribution >= 4 is 23.2 Å². The maximum absolute atomic E-state index is 12.9. The van der Waals surface area contributed by atoms with Crippen LogP contribution in [-0.2, 0) is 16.1 Å². The number of para-hydroxylation sites is 1. The van der Waals surface area contributed by atoms with Crippen LogP contribution in [0.1, 0.15) is 25.7 Å². The number of likely N-dealkylation sites (tertiary alicyclic amines) is 1. The molecular weight excluding hydrogens is 342 g/mol. The lowest BCUT2D eigenvalue weighted by Crippen LogP contribution is -2.45. The van der Waals surface area contributed by atoms with Crippen molar-refractivity contribution in [3.63, 3.8) is 0 Å². The Morgan fingerprint density at radius 3 is 2.59 bits per heavy atom. The standard InChI is InChI=1S/C20H23N5O2/c26-19-7-6-18(22-25(19)17-4-2-1-3-5-17)20(27)24-11-8-16(9-12-24)14-23-13-10-21-15-23/h1-5,10,13,15-16H,6-9,11-12,14H2. The molecule has 4 rings (SSSR count). The summed E-state index contributed by atoms with van der Waals surface area (Å²) < 4.78 is 2.09. The first-order valence-corrected chi connectivity index (χ1v) is 9.41. The van der Waals surface area contributed by atoms with Crippen molar-refractivity contribution in [2.75, 3.05) is 18.1 Å². The largest absolute Gasteiger partial charge is 0.338 e. The highest BCUT2D eigenvalue weighted by Crippen LogP contribution is 2.23. The second kappa shape index (κ2) is 7.73. The third-order valence-corrected chi connectivity index (χ3v) is 5.21. The molecule has 1 fully saturated rings. The predicted molar refractivity (Wildman–Crippen MR) is 102 cm³/mol. The molecular formula is C20H23N5O2. The summed E-state index contributed by atoms with van der Waals surface area (Å²) in [6, 6.07) is 9.27. The minimum absolute atomic E-state index is 0.0375. The first-order chi connectivity index (χ1) is 13.2. The van der Waals surface area contributed by atoms with Gasteiger partial charge in [0.2, 0.25) is 5.91 Å². The lowest BCUT2D eigenvalue weighted by atomic mass is 9.96. The summed E-state index contributed by atoms with van der Waals surface area (Å²) in [7, 11) is 0. The van der Waals surface area contributed by atoms with E-state index in [0.717, 1.165) is 32.5 Å². The van der Waals surface area contributed by atoms with Crippen LogP contribution in [0.2, 0.25) is 0 Å². The van der Waals surface area contributed by atoms with E-state index in [0.29, 0.717) is 30.2 Å². The van der Waals surface area contributed by atoms with Crippen molar-refractivity contribution in [1.29, 1.82) is 0 Å². The summed E-state index contributed by atoms with van der Waals surface area (Å²) in [5.74, 6) is 0.445. The van der Waals surface area contributed by atoms with Gasteiger partial charge in [-0.15, -0.1) is 0 Å². The highest BCUT2D eigenvalue weighted by molar-refractivity contribution is 6.40. The fourth-order valence-corrected chi connectivity index (χ4v) is 3.67. The number of rotatable bonds is 4. The molecule has 1 aromatic carbocycles. The molecule has 2 aromatic rings. The maximum Gasteiger partial charge on any atom is 0.270 e. The number of carbonyl (C=O) groups excluding carboxylic acids is 2. The molecule has 0 atom stereocenters. The Morgan fingerprint density at radius 2 is 1.89 bits per heavy atom. The molecule has 0 bridgehead atoms. The number of piperidine rings is 1. The Balaban J connectivity index is 1.40. The Bertz CT molecular complexity index is 823. The van der Waals surface area contributed by atoms with E-state index in [1.807, 2.05) is 47.8 Å². The van der Waals surface area contributed by atoms with E-state index >= 15 is 0 Å². The fraction of sp³-hybridized carbons (Fsp3) is 0.400. The summed E-state index contributed by atoms with van der Waals surface area (Å²) in [6.45, 7) is 2.41. The minimum atomic E-state index is -0.0724. The number of hydrogen-bond acceptors (Lipinski definition) is 4. The summed E-state index contributed by atoms with van der Waals surface area (Å²) in [4.78, 5) is 31.1. The average molecular weight is 365 g/mol. The van der Waals surface area contributed by atoms with Crippen LogP contribution in [0.15, 0.2) is 54.2 Å². The van der Waals surface area contributed by atoms with Gasteiger partial charge in [0.1, 0.15) is 5.71 Å². The monoisotopic (exact) mass is 365 g/mol. The molecule has 0 N–H and O–H groups in total. The first-order valence-electron chi connectivity index (χ1n) is 9.41. The van der Waals surface area contributed by atoms with Gasteiger partial charge in [-0.1, -0.05) is 18.2 Å². The molecule has 7 nitrogen and oxygen atoms in total. The van der Waals surface area contributed by atoms with E-state index in [2.05, 4.69) is 14.7 Å².